The Balaban J connectivity index is 1.93. The average molecular weight is 283 g/mol. The molecule has 3 rings (SSSR count). The topological polar surface area (TPSA) is 28.2 Å². The molecule has 1 aromatic carbocycles. The van der Waals surface area contributed by atoms with Crippen molar-refractivity contribution in [2.75, 3.05) is 13.1 Å². The third-order valence-electron chi connectivity index (χ3n) is 4.50. The lowest BCUT2D eigenvalue weighted by molar-refractivity contribution is 0.124. The second-order valence-electron chi connectivity index (χ2n) is 6.24. The van der Waals surface area contributed by atoms with E-state index in [2.05, 4.69) is 66.3 Å². The standard InChI is InChI=1S/C18H25N3/c1-4-16-10-19-14(3)11-21(16)12-15-9-13(2)20-18-8-6-5-7-17(15)18/h5-9,14,16,19H,4,10-12H2,1-3H3. The molecule has 1 aliphatic rings. The van der Waals surface area contributed by atoms with Crippen molar-refractivity contribution in [1.82, 2.24) is 15.2 Å². The molecule has 0 bridgehead atoms. The van der Waals surface area contributed by atoms with Gasteiger partial charge in [0, 0.05) is 42.8 Å². The van der Waals surface area contributed by atoms with Gasteiger partial charge in [-0.05, 0) is 38.0 Å². The summed E-state index contributed by atoms with van der Waals surface area (Å²) in [5, 5.41) is 4.89. The molecule has 1 aromatic heterocycles. The molecule has 2 aromatic rings. The number of rotatable bonds is 3. The zero-order valence-electron chi connectivity index (χ0n) is 13.3. The number of benzene rings is 1. The number of pyridine rings is 1. The summed E-state index contributed by atoms with van der Waals surface area (Å²) in [5.41, 5.74) is 3.63. The van der Waals surface area contributed by atoms with Crippen molar-refractivity contribution in [2.45, 2.75) is 45.8 Å². The van der Waals surface area contributed by atoms with Gasteiger partial charge in [-0.1, -0.05) is 25.1 Å². The molecular weight excluding hydrogens is 258 g/mol. The van der Waals surface area contributed by atoms with Gasteiger partial charge in [-0.3, -0.25) is 9.88 Å². The Kier molecular flexibility index (Phi) is 4.22. The lowest BCUT2D eigenvalue weighted by Gasteiger charge is -2.39. The van der Waals surface area contributed by atoms with E-state index in [-0.39, 0.29) is 0 Å². The van der Waals surface area contributed by atoms with Crippen LogP contribution in [0, 0.1) is 6.92 Å². The van der Waals surface area contributed by atoms with Gasteiger partial charge >= 0.3 is 0 Å². The predicted molar refractivity (Wildman–Crippen MR) is 88.4 cm³/mol. The van der Waals surface area contributed by atoms with Gasteiger partial charge in [0.1, 0.15) is 0 Å². The van der Waals surface area contributed by atoms with Crippen molar-refractivity contribution in [3.05, 3.63) is 41.6 Å². The number of nitrogens with one attached hydrogen (secondary N) is 1. The van der Waals surface area contributed by atoms with E-state index in [9.17, 15) is 0 Å². The molecule has 0 saturated carbocycles. The minimum Gasteiger partial charge on any atom is -0.311 e. The Bertz CT molecular complexity index is 623. The first kappa shape index (κ1) is 14.5. The van der Waals surface area contributed by atoms with Gasteiger partial charge in [0.25, 0.3) is 0 Å². The number of aromatic nitrogens is 1. The van der Waals surface area contributed by atoms with Gasteiger partial charge in [-0.2, -0.15) is 0 Å². The van der Waals surface area contributed by atoms with E-state index in [1.807, 2.05) is 0 Å². The summed E-state index contributed by atoms with van der Waals surface area (Å²) in [4.78, 5) is 7.28. The minimum absolute atomic E-state index is 0.571. The molecule has 112 valence electrons. The maximum atomic E-state index is 4.65. The number of piperazine rings is 1. The summed E-state index contributed by atoms with van der Waals surface area (Å²) in [6.45, 7) is 9.88. The molecule has 3 heteroatoms. The highest BCUT2D eigenvalue weighted by Gasteiger charge is 2.24. The van der Waals surface area contributed by atoms with Gasteiger partial charge in [-0.15, -0.1) is 0 Å². The highest BCUT2D eigenvalue weighted by Crippen LogP contribution is 2.22. The van der Waals surface area contributed by atoms with Crippen molar-refractivity contribution < 1.29 is 0 Å². The summed E-state index contributed by atoms with van der Waals surface area (Å²) in [7, 11) is 0. The molecule has 21 heavy (non-hydrogen) atoms. The molecule has 0 radical (unpaired) electrons. The normalized spacial score (nSPS) is 23.6. The van der Waals surface area contributed by atoms with Crippen molar-refractivity contribution >= 4 is 10.9 Å². The SMILES string of the molecule is CCC1CNC(C)CN1Cc1cc(C)nc2ccccc12. The molecule has 2 atom stereocenters. The second kappa shape index (κ2) is 6.12. The van der Waals surface area contributed by atoms with Crippen LogP contribution in [0.4, 0.5) is 0 Å². The Morgan fingerprint density at radius 1 is 1.33 bits per heavy atom. The highest BCUT2D eigenvalue weighted by molar-refractivity contribution is 5.82. The number of para-hydroxylation sites is 1. The van der Waals surface area contributed by atoms with Crippen LogP contribution >= 0.6 is 0 Å². The third-order valence-corrected chi connectivity index (χ3v) is 4.50. The van der Waals surface area contributed by atoms with Crippen LogP contribution in [0.5, 0.6) is 0 Å². The van der Waals surface area contributed by atoms with E-state index in [1.54, 1.807) is 0 Å². The van der Waals surface area contributed by atoms with Crippen molar-refractivity contribution in [3.8, 4) is 0 Å². The van der Waals surface area contributed by atoms with E-state index in [4.69, 9.17) is 0 Å². The van der Waals surface area contributed by atoms with Gasteiger partial charge in [0.2, 0.25) is 0 Å². The molecule has 2 unspecified atom stereocenters. The largest absolute Gasteiger partial charge is 0.311 e. The monoisotopic (exact) mass is 283 g/mol. The Labute approximate surface area is 127 Å². The maximum Gasteiger partial charge on any atom is 0.0708 e. The van der Waals surface area contributed by atoms with E-state index in [0.29, 0.717) is 12.1 Å². The molecule has 0 aliphatic carbocycles. The number of hydrogen-bond acceptors (Lipinski definition) is 3. The van der Waals surface area contributed by atoms with Gasteiger partial charge in [-0.25, -0.2) is 0 Å². The lowest BCUT2D eigenvalue weighted by Crippen LogP contribution is -2.54. The van der Waals surface area contributed by atoms with E-state index >= 15 is 0 Å². The van der Waals surface area contributed by atoms with Crippen LogP contribution in [-0.2, 0) is 6.54 Å². The summed E-state index contributed by atoms with van der Waals surface area (Å²) >= 11 is 0. The Morgan fingerprint density at radius 3 is 2.95 bits per heavy atom. The molecule has 3 nitrogen and oxygen atoms in total. The first-order chi connectivity index (χ1) is 10.2. The fourth-order valence-electron chi connectivity index (χ4n) is 3.37. The summed E-state index contributed by atoms with van der Waals surface area (Å²) in [6.07, 6.45) is 1.20. The Hall–Kier alpha value is -1.45. The zero-order valence-corrected chi connectivity index (χ0v) is 13.3. The molecule has 1 fully saturated rings. The smallest absolute Gasteiger partial charge is 0.0708 e. The zero-order chi connectivity index (χ0) is 14.8. The molecule has 2 heterocycles. The summed E-state index contributed by atoms with van der Waals surface area (Å²) < 4.78 is 0. The van der Waals surface area contributed by atoms with Crippen LogP contribution in [-0.4, -0.2) is 35.1 Å². The highest BCUT2D eigenvalue weighted by atomic mass is 15.2. The number of nitrogens with zero attached hydrogens (tertiary/aromatic N) is 2. The van der Waals surface area contributed by atoms with Crippen LogP contribution in [0.25, 0.3) is 10.9 Å². The fourth-order valence-corrected chi connectivity index (χ4v) is 3.37. The first-order valence-corrected chi connectivity index (χ1v) is 8.00. The molecule has 1 aliphatic heterocycles. The number of fused-ring (bicyclic) bond motifs is 1. The lowest BCUT2D eigenvalue weighted by atomic mass is 10.0. The summed E-state index contributed by atoms with van der Waals surface area (Å²) in [6, 6.07) is 11.9. The average Bonchev–Trinajstić information content (AvgIpc) is 2.47. The van der Waals surface area contributed by atoms with E-state index in [1.165, 1.54) is 17.4 Å². The number of aryl methyl sites for hydroxylation is 1. The van der Waals surface area contributed by atoms with Gasteiger partial charge in [0.15, 0.2) is 0 Å². The van der Waals surface area contributed by atoms with Crippen LogP contribution in [0.15, 0.2) is 30.3 Å². The van der Waals surface area contributed by atoms with Crippen LogP contribution in [0.1, 0.15) is 31.5 Å². The van der Waals surface area contributed by atoms with E-state index < -0.39 is 0 Å². The van der Waals surface area contributed by atoms with E-state index in [0.717, 1.165) is 30.8 Å². The predicted octanol–water partition coefficient (Wildman–Crippen LogP) is 3.12. The van der Waals surface area contributed by atoms with Crippen LogP contribution in [0.2, 0.25) is 0 Å². The fraction of sp³-hybridized carbons (Fsp3) is 0.500. The summed E-state index contributed by atoms with van der Waals surface area (Å²) in [5.74, 6) is 0. The van der Waals surface area contributed by atoms with Gasteiger partial charge < -0.3 is 5.32 Å². The minimum atomic E-state index is 0.571. The maximum absolute atomic E-state index is 4.65. The van der Waals surface area contributed by atoms with Crippen molar-refractivity contribution in [2.24, 2.45) is 0 Å². The van der Waals surface area contributed by atoms with Crippen LogP contribution in [0.3, 0.4) is 0 Å². The van der Waals surface area contributed by atoms with Crippen molar-refractivity contribution in [3.63, 3.8) is 0 Å². The van der Waals surface area contributed by atoms with Crippen molar-refractivity contribution in [1.29, 1.82) is 0 Å². The van der Waals surface area contributed by atoms with Crippen LogP contribution < -0.4 is 5.32 Å². The second-order valence-corrected chi connectivity index (χ2v) is 6.24. The molecule has 0 amide bonds. The molecular formula is C18H25N3. The molecule has 1 saturated heterocycles. The number of hydrogen-bond donors (Lipinski definition) is 1. The third kappa shape index (κ3) is 3.09. The molecule has 0 spiro atoms. The van der Waals surface area contributed by atoms with Gasteiger partial charge in [0.05, 0.1) is 5.52 Å². The Morgan fingerprint density at radius 2 is 2.14 bits per heavy atom. The molecule has 1 N–H and O–H groups in total. The first-order valence-electron chi connectivity index (χ1n) is 8.00. The quantitative estimate of drug-likeness (QED) is 0.938.